The fourth-order valence-electron chi connectivity index (χ4n) is 5.08. The number of hydrazone groups is 1. The van der Waals surface area contributed by atoms with Gasteiger partial charge in [0.2, 0.25) is 0 Å². The topological polar surface area (TPSA) is 140 Å². The summed E-state index contributed by atoms with van der Waals surface area (Å²) in [6.45, 7) is 4.08. The first kappa shape index (κ1) is 31.9. The maximum Gasteiger partial charge on any atom is 0.337 e. The number of fused-ring (bicyclic) bond motifs is 1. The Balaban J connectivity index is 1.18. The van der Waals surface area contributed by atoms with Crippen molar-refractivity contribution in [3.8, 4) is 17.2 Å². The summed E-state index contributed by atoms with van der Waals surface area (Å²) in [5.41, 5.74) is 5.80. The van der Waals surface area contributed by atoms with Gasteiger partial charge < -0.3 is 34.7 Å². The predicted octanol–water partition coefficient (Wildman–Crippen LogP) is 4.94. The summed E-state index contributed by atoms with van der Waals surface area (Å²) in [5.74, 6) is 0.877. The summed E-state index contributed by atoms with van der Waals surface area (Å²) in [5, 5.41) is 22.3. The Morgan fingerprint density at radius 2 is 1.80 bits per heavy atom. The molecular formula is C35H36N4O7. The number of urea groups is 1. The van der Waals surface area contributed by atoms with E-state index in [2.05, 4.69) is 45.4 Å². The average Bonchev–Trinajstić information content (AvgIpc) is 3.06. The predicted molar refractivity (Wildman–Crippen MR) is 174 cm³/mol. The van der Waals surface area contributed by atoms with Crippen LogP contribution in [0.4, 0.5) is 4.79 Å². The molecule has 5 rings (SSSR count). The first-order valence-corrected chi connectivity index (χ1v) is 14.8. The second-order valence-electron chi connectivity index (χ2n) is 10.4. The summed E-state index contributed by atoms with van der Waals surface area (Å²) >= 11 is 0. The zero-order chi connectivity index (χ0) is 32.5. The molecule has 0 aromatic heterocycles. The maximum atomic E-state index is 12.5. The van der Waals surface area contributed by atoms with Crippen molar-refractivity contribution in [1.82, 2.24) is 16.1 Å². The first-order valence-electron chi connectivity index (χ1n) is 14.8. The number of methoxy groups -OCH3 is 1. The Labute approximate surface area is 266 Å². The minimum Gasteiger partial charge on any atom is -0.490 e. The number of allylic oxidation sites excluding steroid dienone is 1. The molecule has 0 bridgehead atoms. The van der Waals surface area contributed by atoms with Crippen molar-refractivity contribution < 1.29 is 33.6 Å². The summed E-state index contributed by atoms with van der Waals surface area (Å²) in [7, 11) is 1.28. The Morgan fingerprint density at radius 3 is 2.63 bits per heavy atom. The molecule has 0 saturated heterocycles. The zero-order valence-electron chi connectivity index (χ0n) is 25.8. The SMILES string of the molecule is CCOc1cc([C@H]2NC(=O)NC(C)=C2C(=O)OC)ccc1OC[C@H](O)N/N=C/c1cccc(OCc2cccc3ccccc23)c1. The van der Waals surface area contributed by atoms with Crippen LogP contribution in [0.5, 0.6) is 17.2 Å². The Morgan fingerprint density at radius 1 is 1.00 bits per heavy atom. The van der Waals surface area contributed by atoms with E-state index >= 15 is 0 Å². The van der Waals surface area contributed by atoms with Gasteiger partial charge in [-0.25, -0.2) is 9.59 Å². The highest BCUT2D eigenvalue weighted by molar-refractivity contribution is 5.95. The molecule has 2 atom stereocenters. The highest BCUT2D eigenvalue weighted by Gasteiger charge is 2.32. The molecule has 1 aliphatic heterocycles. The van der Waals surface area contributed by atoms with Crippen molar-refractivity contribution in [2.45, 2.75) is 32.7 Å². The van der Waals surface area contributed by atoms with Crippen molar-refractivity contribution in [1.29, 1.82) is 0 Å². The third-order valence-corrected chi connectivity index (χ3v) is 7.24. The molecule has 1 aliphatic rings. The number of carbonyl (C=O) groups is 2. The number of hydrogen-bond acceptors (Lipinski definition) is 9. The van der Waals surface area contributed by atoms with Crippen LogP contribution in [0.15, 0.2) is 101 Å². The third kappa shape index (κ3) is 7.74. The lowest BCUT2D eigenvalue weighted by atomic mass is 9.95. The molecule has 0 aliphatic carbocycles. The molecule has 46 heavy (non-hydrogen) atoms. The first-order chi connectivity index (χ1) is 22.4. The van der Waals surface area contributed by atoms with Crippen LogP contribution >= 0.6 is 0 Å². The number of ether oxygens (including phenoxy) is 4. The number of nitrogens with one attached hydrogen (secondary N) is 3. The summed E-state index contributed by atoms with van der Waals surface area (Å²) < 4.78 is 22.6. The number of esters is 1. The van der Waals surface area contributed by atoms with E-state index in [-0.39, 0.29) is 12.2 Å². The second kappa shape index (κ2) is 15.0. The molecule has 11 heteroatoms. The number of rotatable bonds is 13. The third-order valence-electron chi connectivity index (χ3n) is 7.24. The van der Waals surface area contributed by atoms with Crippen LogP contribution in [0.3, 0.4) is 0 Å². The van der Waals surface area contributed by atoms with Crippen LogP contribution in [-0.2, 0) is 16.1 Å². The van der Waals surface area contributed by atoms with Crippen LogP contribution in [0, 0.1) is 0 Å². The lowest BCUT2D eigenvalue weighted by Crippen LogP contribution is -2.45. The van der Waals surface area contributed by atoms with Gasteiger partial charge in [0.15, 0.2) is 17.7 Å². The molecular weight excluding hydrogens is 588 g/mol. The molecule has 11 nitrogen and oxygen atoms in total. The van der Waals surface area contributed by atoms with E-state index in [0.29, 0.717) is 41.7 Å². The average molecular weight is 625 g/mol. The molecule has 4 aromatic carbocycles. The van der Waals surface area contributed by atoms with Crippen LogP contribution < -0.4 is 30.3 Å². The molecule has 0 fully saturated rings. The minimum atomic E-state index is -1.13. The zero-order valence-corrected chi connectivity index (χ0v) is 25.8. The molecule has 0 unspecified atom stereocenters. The summed E-state index contributed by atoms with van der Waals surface area (Å²) in [4.78, 5) is 24.6. The molecule has 4 aromatic rings. The van der Waals surface area contributed by atoms with Gasteiger partial charge in [-0.05, 0) is 65.6 Å². The quantitative estimate of drug-likeness (QED) is 0.0710. The van der Waals surface area contributed by atoms with E-state index in [9.17, 15) is 14.7 Å². The van der Waals surface area contributed by atoms with Crippen LogP contribution in [0.1, 0.15) is 36.6 Å². The summed E-state index contributed by atoms with van der Waals surface area (Å²) in [6, 6.07) is 25.7. The van der Waals surface area contributed by atoms with E-state index in [0.717, 1.165) is 21.9 Å². The van der Waals surface area contributed by atoms with Gasteiger partial charge in [0.1, 0.15) is 19.0 Å². The number of benzene rings is 4. The second-order valence-corrected chi connectivity index (χ2v) is 10.4. The van der Waals surface area contributed by atoms with E-state index in [4.69, 9.17) is 18.9 Å². The fourth-order valence-corrected chi connectivity index (χ4v) is 5.08. The van der Waals surface area contributed by atoms with Gasteiger partial charge in [0, 0.05) is 5.70 Å². The summed E-state index contributed by atoms with van der Waals surface area (Å²) in [6.07, 6.45) is 0.451. The minimum absolute atomic E-state index is 0.137. The Kier molecular flexibility index (Phi) is 10.4. The number of nitrogens with zero attached hydrogens (tertiary/aromatic N) is 1. The van der Waals surface area contributed by atoms with Gasteiger partial charge in [-0.15, -0.1) is 0 Å². The molecule has 4 N–H and O–H groups in total. The molecule has 0 spiro atoms. The maximum absolute atomic E-state index is 12.5. The van der Waals surface area contributed by atoms with Gasteiger partial charge in [-0.3, -0.25) is 5.43 Å². The van der Waals surface area contributed by atoms with Crippen LogP contribution in [0.25, 0.3) is 10.8 Å². The molecule has 2 amide bonds. The van der Waals surface area contributed by atoms with E-state index in [1.165, 1.54) is 7.11 Å². The molecule has 0 radical (unpaired) electrons. The van der Waals surface area contributed by atoms with Gasteiger partial charge in [0.05, 0.1) is 31.5 Å². The number of aliphatic hydroxyl groups excluding tert-OH is 1. The number of hydrogen-bond donors (Lipinski definition) is 4. The highest BCUT2D eigenvalue weighted by atomic mass is 16.5. The van der Waals surface area contributed by atoms with E-state index in [1.807, 2.05) is 49.4 Å². The lowest BCUT2D eigenvalue weighted by molar-refractivity contribution is -0.136. The number of amides is 2. The highest BCUT2D eigenvalue weighted by Crippen LogP contribution is 2.35. The van der Waals surface area contributed by atoms with Crippen molar-refractivity contribution >= 4 is 29.0 Å². The van der Waals surface area contributed by atoms with Crippen LogP contribution in [0.2, 0.25) is 0 Å². The van der Waals surface area contributed by atoms with Gasteiger partial charge in [-0.1, -0.05) is 60.7 Å². The van der Waals surface area contributed by atoms with Crippen LogP contribution in [-0.4, -0.2) is 49.9 Å². The number of carbonyl (C=O) groups excluding carboxylic acids is 2. The van der Waals surface area contributed by atoms with Crippen molar-refractivity contribution in [2.24, 2.45) is 5.10 Å². The van der Waals surface area contributed by atoms with Crippen molar-refractivity contribution in [3.05, 3.63) is 113 Å². The number of aliphatic hydroxyl groups is 1. The van der Waals surface area contributed by atoms with E-state index in [1.54, 1.807) is 31.3 Å². The molecule has 238 valence electrons. The smallest absolute Gasteiger partial charge is 0.337 e. The monoisotopic (exact) mass is 624 g/mol. The van der Waals surface area contributed by atoms with Gasteiger partial charge in [0.25, 0.3) is 0 Å². The largest absolute Gasteiger partial charge is 0.490 e. The molecule has 1 heterocycles. The normalized spacial score (nSPS) is 15.2. The molecule has 0 saturated carbocycles. The van der Waals surface area contributed by atoms with Crippen molar-refractivity contribution in [3.63, 3.8) is 0 Å². The standard InChI is InChI=1S/C35H36N4O7/c1-4-44-30-18-25(33-32(34(41)43-3)22(2)37-35(42)38-33)15-16-29(30)46-21-31(40)39-36-19-23-9-7-13-27(17-23)45-20-26-12-8-11-24-10-5-6-14-28(24)26/h5-19,31,33,39-40H,4,20-21H2,1-3H3,(H2,37,38,42)/b36-19+/t31-,33+/m0/s1. The fraction of sp³-hybridized carbons (Fsp3) is 0.229. The van der Waals surface area contributed by atoms with Crippen molar-refractivity contribution in [2.75, 3.05) is 20.3 Å². The van der Waals surface area contributed by atoms with Gasteiger partial charge >= 0.3 is 12.0 Å². The Bertz CT molecular complexity index is 1770. The Hall–Kier alpha value is -5.55. The lowest BCUT2D eigenvalue weighted by Gasteiger charge is -2.28. The van der Waals surface area contributed by atoms with Gasteiger partial charge in [-0.2, -0.15) is 5.10 Å². The van der Waals surface area contributed by atoms with E-state index < -0.39 is 24.3 Å².